The van der Waals surface area contributed by atoms with Gasteiger partial charge in [-0.25, -0.2) is 13.1 Å². The lowest BCUT2D eigenvalue weighted by atomic mass is 10.4. The van der Waals surface area contributed by atoms with E-state index in [1.807, 2.05) is 6.92 Å². The molecule has 8 heteroatoms. The monoisotopic (exact) mass is 348 g/mol. The zero-order chi connectivity index (χ0) is 11.5. The molecule has 0 aliphatic carbocycles. The molecule has 1 rings (SSSR count). The molecule has 1 heterocycles. The van der Waals surface area contributed by atoms with Crippen LogP contribution in [0.5, 0.6) is 0 Å². The molecule has 0 saturated heterocycles. The van der Waals surface area contributed by atoms with Gasteiger partial charge in [-0.05, 0) is 41.5 Å². The van der Waals surface area contributed by atoms with E-state index in [9.17, 15) is 8.42 Å². The van der Waals surface area contributed by atoms with Gasteiger partial charge in [0.05, 0.1) is 3.79 Å². The standard InChI is InChI=1S/C8H13BrN2O2S2.ClH/c1-6-5-7(14-8(6)9)15(12,13)11-4-3-10-2;/h5,10-11H,3-4H2,1-2H3;1H. The summed E-state index contributed by atoms with van der Waals surface area (Å²) < 4.78 is 27.2. The summed E-state index contributed by atoms with van der Waals surface area (Å²) in [6.07, 6.45) is 0. The van der Waals surface area contributed by atoms with E-state index >= 15 is 0 Å². The highest BCUT2D eigenvalue weighted by molar-refractivity contribution is 9.11. The Morgan fingerprint density at radius 2 is 2.06 bits per heavy atom. The highest BCUT2D eigenvalue weighted by Gasteiger charge is 2.17. The second kappa shape index (κ2) is 6.93. The van der Waals surface area contributed by atoms with Crippen LogP contribution in [0, 0.1) is 6.92 Å². The molecule has 2 N–H and O–H groups in total. The van der Waals surface area contributed by atoms with Crippen LogP contribution in [0.2, 0.25) is 0 Å². The minimum atomic E-state index is -3.34. The maximum atomic E-state index is 11.7. The third-order valence-electron chi connectivity index (χ3n) is 1.77. The van der Waals surface area contributed by atoms with Crippen molar-refractivity contribution in [2.45, 2.75) is 11.1 Å². The van der Waals surface area contributed by atoms with E-state index in [0.717, 1.165) is 9.35 Å². The number of hydrogen-bond donors (Lipinski definition) is 2. The molecule has 0 fully saturated rings. The van der Waals surface area contributed by atoms with Crippen molar-refractivity contribution in [3.8, 4) is 0 Å². The number of likely N-dealkylation sites (N-methyl/N-ethyl adjacent to an activating group) is 1. The van der Waals surface area contributed by atoms with Gasteiger partial charge >= 0.3 is 0 Å². The van der Waals surface area contributed by atoms with E-state index in [-0.39, 0.29) is 12.4 Å². The van der Waals surface area contributed by atoms with Crippen molar-refractivity contribution in [3.63, 3.8) is 0 Å². The third kappa shape index (κ3) is 4.31. The van der Waals surface area contributed by atoms with Crippen LogP contribution in [0.3, 0.4) is 0 Å². The Labute approximate surface area is 114 Å². The lowest BCUT2D eigenvalue weighted by Gasteiger charge is -2.03. The first-order valence-electron chi connectivity index (χ1n) is 4.37. The van der Waals surface area contributed by atoms with Crippen molar-refractivity contribution in [2.75, 3.05) is 20.1 Å². The van der Waals surface area contributed by atoms with Crippen LogP contribution in [0.4, 0.5) is 0 Å². The van der Waals surface area contributed by atoms with Gasteiger partial charge in [0.25, 0.3) is 0 Å². The van der Waals surface area contributed by atoms with Crippen molar-refractivity contribution < 1.29 is 8.42 Å². The summed E-state index contributed by atoms with van der Waals surface area (Å²) in [6, 6.07) is 1.66. The van der Waals surface area contributed by atoms with Crippen LogP contribution in [-0.2, 0) is 10.0 Å². The summed E-state index contributed by atoms with van der Waals surface area (Å²) in [5.41, 5.74) is 0.939. The summed E-state index contributed by atoms with van der Waals surface area (Å²) in [5.74, 6) is 0. The van der Waals surface area contributed by atoms with E-state index in [1.165, 1.54) is 11.3 Å². The molecule has 94 valence electrons. The van der Waals surface area contributed by atoms with Gasteiger partial charge in [0.15, 0.2) is 0 Å². The molecule has 0 atom stereocenters. The molecule has 0 spiro atoms. The number of hydrogen-bond acceptors (Lipinski definition) is 4. The highest BCUT2D eigenvalue weighted by Crippen LogP contribution is 2.30. The fourth-order valence-corrected chi connectivity index (χ4v) is 4.25. The number of thiophene rings is 1. The van der Waals surface area contributed by atoms with Gasteiger partial charge in [0, 0.05) is 13.1 Å². The Kier molecular flexibility index (Phi) is 7.07. The number of aryl methyl sites for hydroxylation is 1. The topological polar surface area (TPSA) is 58.2 Å². The second-order valence-corrected chi connectivity index (χ2v) is 7.39. The van der Waals surface area contributed by atoms with Crippen LogP contribution >= 0.6 is 39.7 Å². The van der Waals surface area contributed by atoms with Gasteiger partial charge in [-0.15, -0.1) is 23.7 Å². The van der Waals surface area contributed by atoms with Crippen molar-refractivity contribution in [3.05, 3.63) is 15.4 Å². The first-order valence-corrected chi connectivity index (χ1v) is 7.47. The Morgan fingerprint density at radius 3 is 2.50 bits per heavy atom. The van der Waals surface area contributed by atoms with Crippen LogP contribution in [0.15, 0.2) is 14.1 Å². The SMILES string of the molecule is CNCCNS(=O)(=O)c1cc(C)c(Br)s1.Cl. The van der Waals surface area contributed by atoms with Crippen LogP contribution in [0.1, 0.15) is 5.56 Å². The molecule has 1 aromatic rings. The van der Waals surface area contributed by atoms with Gasteiger partial charge in [-0.1, -0.05) is 0 Å². The molecular formula is C8H14BrClN2O2S2. The minimum absolute atomic E-state index is 0. The molecule has 0 unspecified atom stereocenters. The maximum Gasteiger partial charge on any atom is 0.250 e. The van der Waals surface area contributed by atoms with E-state index < -0.39 is 10.0 Å². The van der Waals surface area contributed by atoms with Gasteiger partial charge < -0.3 is 5.32 Å². The number of rotatable bonds is 5. The fourth-order valence-electron chi connectivity index (χ4n) is 0.946. The first-order chi connectivity index (χ1) is 6.97. The van der Waals surface area contributed by atoms with E-state index in [1.54, 1.807) is 13.1 Å². The Morgan fingerprint density at radius 1 is 1.44 bits per heavy atom. The zero-order valence-electron chi connectivity index (χ0n) is 8.91. The Balaban J connectivity index is 0.00000225. The van der Waals surface area contributed by atoms with Crippen molar-refractivity contribution >= 4 is 49.7 Å². The predicted octanol–water partition coefficient (Wildman–Crippen LogP) is 1.74. The molecule has 0 aliphatic heterocycles. The van der Waals surface area contributed by atoms with E-state index in [0.29, 0.717) is 17.3 Å². The van der Waals surface area contributed by atoms with Crippen LogP contribution < -0.4 is 10.0 Å². The molecule has 0 aliphatic rings. The summed E-state index contributed by atoms with van der Waals surface area (Å²) in [6.45, 7) is 2.88. The molecule has 0 amide bonds. The molecular weight excluding hydrogens is 336 g/mol. The Hall–Kier alpha value is 0.340. The average Bonchev–Trinajstić information content (AvgIpc) is 2.48. The van der Waals surface area contributed by atoms with Crippen molar-refractivity contribution in [1.29, 1.82) is 0 Å². The fraction of sp³-hybridized carbons (Fsp3) is 0.500. The van der Waals surface area contributed by atoms with E-state index in [2.05, 4.69) is 26.0 Å². The van der Waals surface area contributed by atoms with Crippen LogP contribution in [0.25, 0.3) is 0 Å². The quantitative estimate of drug-likeness (QED) is 0.796. The van der Waals surface area contributed by atoms with Crippen LogP contribution in [-0.4, -0.2) is 28.6 Å². The summed E-state index contributed by atoms with van der Waals surface area (Å²) >= 11 is 4.53. The minimum Gasteiger partial charge on any atom is -0.318 e. The number of nitrogens with one attached hydrogen (secondary N) is 2. The molecule has 0 bridgehead atoms. The normalized spacial score (nSPS) is 11.2. The summed E-state index contributed by atoms with van der Waals surface area (Å²) in [7, 11) is -1.56. The van der Waals surface area contributed by atoms with Gasteiger partial charge in [0.1, 0.15) is 4.21 Å². The van der Waals surface area contributed by atoms with Gasteiger partial charge in [0.2, 0.25) is 10.0 Å². The summed E-state index contributed by atoms with van der Waals surface area (Å²) in [5, 5.41) is 2.88. The number of halogens is 2. The lowest BCUT2D eigenvalue weighted by molar-refractivity contribution is 0.581. The molecule has 1 aromatic heterocycles. The number of sulfonamides is 1. The molecule has 4 nitrogen and oxygen atoms in total. The Bertz CT molecular complexity index is 414. The molecule has 0 aromatic carbocycles. The largest absolute Gasteiger partial charge is 0.318 e. The first kappa shape index (κ1) is 16.3. The maximum absolute atomic E-state index is 11.7. The molecule has 0 radical (unpaired) electrons. The smallest absolute Gasteiger partial charge is 0.250 e. The highest BCUT2D eigenvalue weighted by atomic mass is 79.9. The molecule has 16 heavy (non-hydrogen) atoms. The zero-order valence-corrected chi connectivity index (χ0v) is 12.9. The van der Waals surface area contributed by atoms with Crippen molar-refractivity contribution in [1.82, 2.24) is 10.0 Å². The molecule has 0 saturated carbocycles. The predicted molar refractivity (Wildman–Crippen MR) is 73.1 cm³/mol. The summed E-state index contributed by atoms with van der Waals surface area (Å²) in [4.78, 5) is 0. The second-order valence-electron chi connectivity index (χ2n) is 3.02. The van der Waals surface area contributed by atoms with Gasteiger partial charge in [-0.3, -0.25) is 0 Å². The average molecular weight is 350 g/mol. The lowest BCUT2D eigenvalue weighted by Crippen LogP contribution is -2.30. The van der Waals surface area contributed by atoms with E-state index in [4.69, 9.17) is 0 Å². The van der Waals surface area contributed by atoms with Crippen molar-refractivity contribution in [2.24, 2.45) is 0 Å². The van der Waals surface area contributed by atoms with Gasteiger partial charge in [-0.2, -0.15) is 0 Å². The third-order valence-corrected chi connectivity index (χ3v) is 5.84.